The molecule has 12 nitrogen and oxygen atoms in total. The number of nitrogens with one attached hydrogen (secondary N) is 1. The molecule has 6 aromatic carbocycles. The smallest absolute Gasteiger partial charge is 0.187 e. The molecule has 0 amide bonds. The van der Waals surface area contributed by atoms with Crippen molar-refractivity contribution in [2.45, 2.75) is 19.5 Å². The lowest BCUT2D eigenvalue weighted by Gasteiger charge is -2.43. The first-order valence-corrected chi connectivity index (χ1v) is 25.2. The standard InChI is InChI=1S/C27H25Cl2N3O3.C18H20Cl2N2O2.C9H6BrNO.CH4/c1-30-22-8-4-20(5-9-22)27(34)18-31-12-13-32(26(17-31)19-2-6-21(28)7-3-19)25-11-10-23(16-24(25)29)35-15-14-33;19-14-3-1-13(2-4-14)18-12-21-7-8-22(18)17-6-5-15(11-16(17)20)24-10-9-23;1-11-8-4-2-7(3-5-8)9(12)6-10;/h2-11,16,26,33H,12-15,17-18H2;1-6,11,18,21,23H,7-10,12H2;2-5H,6H2;1H4/t26-;18-;;/m00../s1. The molecule has 0 spiro atoms. The quantitative estimate of drug-likeness (QED) is 0.0520. The van der Waals surface area contributed by atoms with Crippen molar-refractivity contribution in [1.29, 1.82) is 0 Å². The van der Waals surface area contributed by atoms with Crippen molar-refractivity contribution < 1.29 is 29.3 Å². The van der Waals surface area contributed by atoms with Crippen LogP contribution in [0.4, 0.5) is 22.7 Å². The van der Waals surface area contributed by atoms with Crippen LogP contribution in [0.15, 0.2) is 133 Å². The van der Waals surface area contributed by atoms with E-state index in [-0.39, 0.29) is 64.0 Å². The van der Waals surface area contributed by atoms with Gasteiger partial charge in [0.15, 0.2) is 22.9 Å². The number of hydrogen-bond acceptors (Lipinski definition) is 10. The molecular formula is C55H55BrCl4N6O6. The van der Waals surface area contributed by atoms with Crippen LogP contribution in [-0.2, 0) is 0 Å². The fourth-order valence-electron chi connectivity index (χ4n) is 7.98. The number of benzene rings is 6. The van der Waals surface area contributed by atoms with E-state index in [0.29, 0.717) is 74.0 Å². The molecule has 376 valence electrons. The topological polar surface area (TPSA) is 124 Å². The van der Waals surface area contributed by atoms with E-state index in [9.17, 15) is 9.59 Å². The fraction of sp³-hybridized carbons (Fsp3) is 0.273. The van der Waals surface area contributed by atoms with Crippen LogP contribution in [0, 0.1) is 13.1 Å². The summed E-state index contributed by atoms with van der Waals surface area (Å²) >= 11 is 28.4. The molecule has 2 atom stereocenters. The Morgan fingerprint density at radius 2 is 1.08 bits per heavy atom. The Kier molecular flexibility index (Phi) is 23.2. The molecule has 0 aliphatic carbocycles. The Morgan fingerprint density at radius 1 is 0.625 bits per heavy atom. The third-order valence-electron chi connectivity index (χ3n) is 11.5. The highest BCUT2D eigenvalue weighted by atomic mass is 79.9. The van der Waals surface area contributed by atoms with Crippen molar-refractivity contribution in [1.82, 2.24) is 10.2 Å². The van der Waals surface area contributed by atoms with E-state index >= 15 is 0 Å². The van der Waals surface area contributed by atoms with Gasteiger partial charge >= 0.3 is 0 Å². The van der Waals surface area contributed by atoms with Gasteiger partial charge in [-0.3, -0.25) is 14.5 Å². The Labute approximate surface area is 450 Å². The number of aliphatic hydroxyl groups excluding tert-OH is 2. The molecule has 2 aliphatic heterocycles. The summed E-state index contributed by atoms with van der Waals surface area (Å²) in [6.45, 7) is 19.1. The summed E-state index contributed by atoms with van der Waals surface area (Å²) in [4.78, 5) is 37.3. The van der Waals surface area contributed by atoms with E-state index in [1.807, 2.05) is 60.7 Å². The highest BCUT2D eigenvalue weighted by molar-refractivity contribution is 9.09. The highest BCUT2D eigenvalue weighted by Crippen LogP contribution is 2.38. The van der Waals surface area contributed by atoms with Gasteiger partial charge in [0.05, 0.1) is 71.7 Å². The van der Waals surface area contributed by atoms with E-state index in [0.717, 1.165) is 41.6 Å². The second kappa shape index (κ2) is 29.1. The zero-order chi connectivity index (χ0) is 50.7. The number of carbonyl (C=O) groups excluding carboxylic acids is 2. The number of carbonyl (C=O) groups is 2. The van der Waals surface area contributed by atoms with E-state index in [4.69, 9.17) is 79.2 Å². The molecule has 0 saturated carbocycles. The summed E-state index contributed by atoms with van der Waals surface area (Å²) in [6, 6.07) is 40.4. The molecule has 0 aromatic heterocycles. The monoisotopic (exact) mass is 1110 g/mol. The van der Waals surface area contributed by atoms with Gasteiger partial charge in [0.1, 0.15) is 24.7 Å². The lowest BCUT2D eigenvalue weighted by Crippen LogP contribution is -2.50. The number of ketones is 2. The third-order valence-corrected chi connectivity index (χ3v) is 13.1. The minimum Gasteiger partial charge on any atom is -0.491 e. The second-order valence-corrected chi connectivity index (χ2v) is 18.4. The van der Waals surface area contributed by atoms with Gasteiger partial charge in [-0.25, -0.2) is 9.69 Å². The van der Waals surface area contributed by atoms with Gasteiger partial charge in [-0.2, -0.15) is 0 Å². The van der Waals surface area contributed by atoms with Gasteiger partial charge in [-0.1, -0.05) is 143 Å². The largest absolute Gasteiger partial charge is 0.491 e. The summed E-state index contributed by atoms with van der Waals surface area (Å²) in [7, 11) is 0. The van der Waals surface area contributed by atoms with Gasteiger partial charge in [0.25, 0.3) is 0 Å². The number of alkyl halides is 1. The lowest BCUT2D eigenvalue weighted by atomic mass is 10.0. The van der Waals surface area contributed by atoms with Crippen LogP contribution in [0.3, 0.4) is 0 Å². The maximum Gasteiger partial charge on any atom is 0.187 e. The predicted octanol–water partition coefficient (Wildman–Crippen LogP) is 12.6. The zero-order valence-electron chi connectivity index (χ0n) is 38.5. The fourth-order valence-corrected chi connectivity index (χ4v) is 9.11. The van der Waals surface area contributed by atoms with Crippen molar-refractivity contribution in [2.24, 2.45) is 0 Å². The number of ether oxygens (including phenoxy) is 2. The number of aliphatic hydroxyl groups is 2. The maximum absolute atomic E-state index is 12.9. The molecule has 2 aliphatic rings. The van der Waals surface area contributed by atoms with Crippen LogP contribution in [0.25, 0.3) is 9.69 Å². The molecule has 2 heterocycles. The molecule has 8 rings (SSSR count). The summed E-state index contributed by atoms with van der Waals surface area (Å²) in [6.07, 6.45) is 0. The van der Waals surface area contributed by atoms with Gasteiger partial charge in [-0.05, 0) is 59.7 Å². The number of anilines is 2. The van der Waals surface area contributed by atoms with Gasteiger partial charge in [-0.15, -0.1) is 0 Å². The SMILES string of the molecule is C.OCCOc1ccc(N2CCNC[C@H]2c2ccc(Cl)cc2)c(Cl)c1.[C-]#[N+]c1ccc(C(=O)CBr)cc1.[C-]#[N+]c1ccc(C(=O)CN2CCN(c3ccc(OCCO)cc3Cl)[C@H](c3ccc(Cl)cc3)C2)cc1. The molecule has 17 heteroatoms. The Morgan fingerprint density at radius 3 is 1.53 bits per heavy atom. The molecule has 72 heavy (non-hydrogen) atoms. The van der Waals surface area contributed by atoms with E-state index < -0.39 is 0 Å². The Hall–Kier alpha value is -5.68. The zero-order valence-corrected chi connectivity index (χ0v) is 43.1. The molecule has 6 aromatic rings. The average molecular weight is 1120 g/mol. The number of hydrogen-bond donors (Lipinski definition) is 3. The number of nitrogens with zero attached hydrogens (tertiary/aromatic N) is 5. The van der Waals surface area contributed by atoms with E-state index in [1.54, 1.807) is 60.7 Å². The van der Waals surface area contributed by atoms with E-state index in [1.165, 1.54) is 5.56 Å². The summed E-state index contributed by atoms with van der Waals surface area (Å²) in [5.74, 6) is 1.32. The van der Waals surface area contributed by atoms with Crippen molar-refractivity contribution in [2.75, 3.05) is 87.4 Å². The second-order valence-electron chi connectivity index (χ2n) is 16.1. The normalized spacial score (nSPS) is 15.2. The van der Waals surface area contributed by atoms with Crippen molar-refractivity contribution in [3.63, 3.8) is 0 Å². The lowest BCUT2D eigenvalue weighted by molar-refractivity contribution is 0.0914. The summed E-state index contributed by atoms with van der Waals surface area (Å²) < 4.78 is 10.9. The summed E-state index contributed by atoms with van der Waals surface area (Å²) in [5.41, 5.74) is 6.44. The Bertz CT molecular complexity index is 2780. The van der Waals surface area contributed by atoms with E-state index in [2.05, 4.69) is 57.8 Å². The summed E-state index contributed by atoms with van der Waals surface area (Å²) in [5, 5.41) is 24.2. The van der Waals surface area contributed by atoms with Gasteiger partial charge < -0.3 is 34.8 Å². The minimum absolute atomic E-state index is 0. The van der Waals surface area contributed by atoms with Crippen LogP contribution in [0.5, 0.6) is 11.5 Å². The van der Waals surface area contributed by atoms with Gasteiger partial charge in [0, 0.05) is 72.6 Å². The molecule has 0 unspecified atom stereocenters. The maximum atomic E-state index is 12.9. The van der Waals surface area contributed by atoms with Crippen LogP contribution >= 0.6 is 62.3 Å². The first kappa shape index (κ1) is 57.2. The number of Topliss-reactive ketones (excluding diaryl/α,β-unsaturated/α-hetero) is 2. The molecule has 2 saturated heterocycles. The third kappa shape index (κ3) is 16.2. The molecule has 3 N–H and O–H groups in total. The minimum atomic E-state index is -0.0671. The van der Waals surface area contributed by atoms with Crippen molar-refractivity contribution >= 4 is 96.6 Å². The first-order valence-electron chi connectivity index (χ1n) is 22.6. The van der Waals surface area contributed by atoms with Crippen LogP contribution < -0.4 is 24.6 Å². The van der Waals surface area contributed by atoms with Crippen molar-refractivity contribution in [3.8, 4) is 11.5 Å². The van der Waals surface area contributed by atoms with Crippen LogP contribution in [0.2, 0.25) is 20.1 Å². The van der Waals surface area contributed by atoms with Crippen LogP contribution in [-0.4, -0.2) is 104 Å². The van der Waals surface area contributed by atoms with Crippen molar-refractivity contribution in [3.05, 3.63) is 199 Å². The molecular weight excluding hydrogens is 1060 g/mol. The predicted molar refractivity (Wildman–Crippen MR) is 295 cm³/mol. The highest BCUT2D eigenvalue weighted by Gasteiger charge is 2.31. The van der Waals surface area contributed by atoms with Gasteiger partial charge in [0.2, 0.25) is 0 Å². The number of piperazine rings is 2. The molecule has 2 fully saturated rings. The Balaban J connectivity index is 0.000000224. The number of halogens is 5. The van der Waals surface area contributed by atoms with Crippen LogP contribution in [0.1, 0.15) is 51.4 Å². The molecule has 0 radical (unpaired) electrons. The molecule has 0 bridgehead atoms. The first-order chi connectivity index (χ1) is 34.4. The average Bonchev–Trinajstić information content (AvgIpc) is 3.40. The number of rotatable bonds is 15.